The van der Waals surface area contributed by atoms with E-state index in [0.717, 1.165) is 27.7 Å². The van der Waals surface area contributed by atoms with E-state index in [1.807, 2.05) is 31.2 Å². The Morgan fingerprint density at radius 2 is 2.00 bits per heavy atom. The molecule has 0 saturated heterocycles. The number of nitrogens with two attached hydrogens (primary N) is 1. The lowest BCUT2D eigenvalue weighted by Gasteiger charge is -2.18. The third-order valence-electron chi connectivity index (χ3n) is 3.57. The Balaban J connectivity index is 1.97. The van der Waals surface area contributed by atoms with Gasteiger partial charge in [0, 0.05) is 40.6 Å². The maximum atomic E-state index is 13.3. The molecule has 2 aromatic carbocycles. The van der Waals surface area contributed by atoms with Gasteiger partial charge < -0.3 is 11.1 Å². The Labute approximate surface area is 122 Å². The first-order valence-corrected chi connectivity index (χ1v) is 6.79. The lowest BCUT2D eigenvalue weighted by atomic mass is 10.1. The van der Waals surface area contributed by atoms with Crippen LogP contribution in [0.5, 0.6) is 0 Å². The molecule has 0 radical (unpaired) electrons. The van der Waals surface area contributed by atoms with Crippen LogP contribution in [0.2, 0.25) is 0 Å². The van der Waals surface area contributed by atoms with Gasteiger partial charge in [-0.25, -0.2) is 4.39 Å². The van der Waals surface area contributed by atoms with E-state index in [1.54, 1.807) is 18.5 Å². The summed E-state index contributed by atoms with van der Waals surface area (Å²) >= 11 is 0. The van der Waals surface area contributed by atoms with E-state index in [-0.39, 0.29) is 11.9 Å². The van der Waals surface area contributed by atoms with E-state index >= 15 is 0 Å². The molecule has 0 aliphatic heterocycles. The molecule has 3 aromatic rings. The zero-order valence-corrected chi connectivity index (χ0v) is 11.7. The van der Waals surface area contributed by atoms with Crippen molar-refractivity contribution in [1.82, 2.24) is 4.98 Å². The second kappa shape index (κ2) is 5.40. The summed E-state index contributed by atoms with van der Waals surface area (Å²) in [5.74, 6) is -0.231. The van der Waals surface area contributed by atoms with Crippen molar-refractivity contribution in [2.75, 3.05) is 11.1 Å². The predicted octanol–water partition coefficient (Wildman–Crippen LogP) is 4.13. The van der Waals surface area contributed by atoms with Crippen LogP contribution in [0.25, 0.3) is 10.8 Å². The Morgan fingerprint density at radius 1 is 1.14 bits per heavy atom. The minimum atomic E-state index is -0.231. The molecular weight excluding hydrogens is 265 g/mol. The minimum absolute atomic E-state index is 0.0206. The highest BCUT2D eigenvalue weighted by molar-refractivity contribution is 6.00. The predicted molar refractivity (Wildman–Crippen MR) is 84.6 cm³/mol. The number of nitrogens with one attached hydrogen (secondary N) is 1. The van der Waals surface area contributed by atoms with Crippen LogP contribution >= 0.6 is 0 Å². The molecule has 0 aliphatic rings. The van der Waals surface area contributed by atoms with Crippen molar-refractivity contribution in [1.29, 1.82) is 0 Å². The van der Waals surface area contributed by atoms with Crippen molar-refractivity contribution in [2.45, 2.75) is 13.0 Å². The number of anilines is 2. The molecule has 3 rings (SSSR count). The van der Waals surface area contributed by atoms with E-state index in [9.17, 15) is 4.39 Å². The van der Waals surface area contributed by atoms with Gasteiger partial charge in [0.15, 0.2) is 0 Å². The number of hydrogen-bond donors (Lipinski definition) is 2. The number of aromatic nitrogens is 1. The van der Waals surface area contributed by atoms with Crippen LogP contribution in [0.3, 0.4) is 0 Å². The van der Waals surface area contributed by atoms with Crippen molar-refractivity contribution < 1.29 is 4.39 Å². The van der Waals surface area contributed by atoms with Crippen molar-refractivity contribution >= 4 is 22.1 Å². The molecule has 0 fully saturated rings. The molecular formula is C17H16FN3. The minimum Gasteiger partial charge on any atom is -0.398 e. The Hall–Kier alpha value is -2.62. The van der Waals surface area contributed by atoms with Gasteiger partial charge in [-0.05, 0) is 42.8 Å². The average Bonchev–Trinajstić information content (AvgIpc) is 2.50. The molecule has 21 heavy (non-hydrogen) atoms. The topological polar surface area (TPSA) is 50.9 Å². The second-order valence-electron chi connectivity index (χ2n) is 5.04. The van der Waals surface area contributed by atoms with E-state index in [2.05, 4.69) is 10.3 Å². The summed E-state index contributed by atoms with van der Waals surface area (Å²) in [6.07, 6.45) is 3.50. The van der Waals surface area contributed by atoms with Crippen molar-refractivity contribution in [3.8, 4) is 0 Å². The lowest BCUT2D eigenvalue weighted by Crippen LogP contribution is -2.07. The molecule has 1 atom stereocenters. The standard InChI is InChI=1S/C17H16FN3/c1-11(12-3-2-4-13(18)9-12)21-17-6-5-16(19)14-7-8-20-10-15(14)17/h2-11,21H,19H2,1H3. The van der Waals surface area contributed by atoms with Crippen LogP contribution in [0.4, 0.5) is 15.8 Å². The van der Waals surface area contributed by atoms with Gasteiger partial charge in [-0.1, -0.05) is 12.1 Å². The van der Waals surface area contributed by atoms with E-state index in [0.29, 0.717) is 0 Å². The maximum absolute atomic E-state index is 13.3. The highest BCUT2D eigenvalue weighted by Crippen LogP contribution is 2.30. The second-order valence-corrected chi connectivity index (χ2v) is 5.04. The molecule has 1 heterocycles. The normalized spacial score (nSPS) is 12.3. The maximum Gasteiger partial charge on any atom is 0.123 e. The SMILES string of the molecule is CC(Nc1ccc(N)c2ccncc12)c1cccc(F)c1. The molecule has 0 saturated carbocycles. The van der Waals surface area contributed by atoms with Crippen molar-refractivity contribution in [2.24, 2.45) is 0 Å². The quantitative estimate of drug-likeness (QED) is 0.710. The number of pyridine rings is 1. The lowest BCUT2D eigenvalue weighted by molar-refractivity contribution is 0.623. The van der Waals surface area contributed by atoms with Crippen LogP contribution in [-0.2, 0) is 0 Å². The fraction of sp³-hybridized carbons (Fsp3) is 0.118. The van der Waals surface area contributed by atoms with Crippen LogP contribution in [-0.4, -0.2) is 4.98 Å². The Kier molecular flexibility index (Phi) is 3.44. The van der Waals surface area contributed by atoms with Gasteiger partial charge in [0.1, 0.15) is 5.82 Å². The molecule has 0 aliphatic carbocycles. The van der Waals surface area contributed by atoms with Gasteiger partial charge in [0.2, 0.25) is 0 Å². The monoisotopic (exact) mass is 281 g/mol. The van der Waals surface area contributed by atoms with Gasteiger partial charge in [-0.2, -0.15) is 0 Å². The number of nitrogen functional groups attached to an aromatic ring is 1. The van der Waals surface area contributed by atoms with Gasteiger partial charge in [-0.15, -0.1) is 0 Å². The van der Waals surface area contributed by atoms with E-state index in [4.69, 9.17) is 5.73 Å². The Bertz CT molecular complexity index is 786. The molecule has 0 spiro atoms. The molecule has 0 amide bonds. The largest absolute Gasteiger partial charge is 0.398 e. The number of hydrogen-bond acceptors (Lipinski definition) is 3. The van der Waals surface area contributed by atoms with Crippen molar-refractivity contribution in [3.05, 3.63) is 66.2 Å². The first-order chi connectivity index (χ1) is 10.1. The highest BCUT2D eigenvalue weighted by atomic mass is 19.1. The molecule has 0 bridgehead atoms. The molecule has 1 unspecified atom stereocenters. The summed E-state index contributed by atoms with van der Waals surface area (Å²) < 4.78 is 13.3. The summed E-state index contributed by atoms with van der Waals surface area (Å²) in [7, 11) is 0. The zero-order chi connectivity index (χ0) is 14.8. The van der Waals surface area contributed by atoms with Gasteiger partial charge in [-0.3, -0.25) is 4.98 Å². The van der Waals surface area contributed by atoms with Gasteiger partial charge in [0.05, 0.1) is 0 Å². The molecule has 4 heteroatoms. The first kappa shape index (κ1) is 13.4. The summed E-state index contributed by atoms with van der Waals surface area (Å²) in [5, 5.41) is 5.31. The third kappa shape index (κ3) is 2.65. The third-order valence-corrected chi connectivity index (χ3v) is 3.57. The highest BCUT2D eigenvalue weighted by Gasteiger charge is 2.09. The molecule has 3 N–H and O–H groups in total. The number of nitrogens with zero attached hydrogens (tertiary/aromatic N) is 1. The van der Waals surface area contributed by atoms with Crippen LogP contribution in [0, 0.1) is 5.82 Å². The van der Waals surface area contributed by atoms with Crippen LogP contribution in [0.1, 0.15) is 18.5 Å². The Morgan fingerprint density at radius 3 is 2.81 bits per heavy atom. The smallest absolute Gasteiger partial charge is 0.123 e. The number of fused-ring (bicyclic) bond motifs is 1. The summed E-state index contributed by atoms with van der Waals surface area (Å²) in [5.41, 5.74) is 8.53. The summed E-state index contributed by atoms with van der Waals surface area (Å²) in [6.45, 7) is 1.99. The number of rotatable bonds is 3. The fourth-order valence-corrected chi connectivity index (χ4v) is 2.43. The number of halogens is 1. The average molecular weight is 281 g/mol. The fourth-order valence-electron chi connectivity index (χ4n) is 2.43. The van der Waals surface area contributed by atoms with Crippen LogP contribution in [0.15, 0.2) is 54.9 Å². The number of benzene rings is 2. The zero-order valence-electron chi connectivity index (χ0n) is 11.7. The van der Waals surface area contributed by atoms with Gasteiger partial charge >= 0.3 is 0 Å². The molecule has 106 valence electrons. The van der Waals surface area contributed by atoms with Crippen molar-refractivity contribution in [3.63, 3.8) is 0 Å². The van der Waals surface area contributed by atoms with E-state index in [1.165, 1.54) is 12.1 Å². The summed E-state index contributed by atoms with van der Waals surface area (Å²) in [4.78, 5) is 4.15. The van der Waals surface area contributed by atoms with Gasteiger partial charge in [0.25, 0.3) is 0 Å². The van der Waals surface area contributed by atoms with E-state index < -0.39 is 0 Å². The molecule has 3 nitrogen and oxygen atoms in total. The molecule has 1 aromatic heterocycles. The first-order valence-electron chi connectivity index (χ1n) is 6.79. The van der Waals surface area contributed by atoms with Crippen LogP contribution < -0.4 is 11.1 Å². The summed E-state index contributed by atoms with van der Waals surface area (Å²) in [6, 6.07) is 12.3.